The van der Waals surface area contributed by atoms with Gasteiger partial charge >= 0.3 is 0 Å². The topological polar surface area (TPSA) is 53.4 Å². The van der Waals surface area contributed by atoms with E-state index in [0.29, 0.717) is 28.7 Å². The van der Waals surface area contributed by atoms with Crippen molar-refractivity contribution in [3.8, 4) is 0 Å². The third kappa shape index (κ3) is 2.00. The summed E-state index contributed by atoms with van der Waals surface area (Å²) in [6.07, 6.45) is 3.22. The SMILES string of the molecule is O=C1CC(CO)CN1c1c(Cl)cncc1Cl. The molecule has 0 spiro atoms. The van der Waals surface area contributed by atoms with Crippen molar-refractivity contribution in [2.45, 2.75) is 6.42 Å². The normalized spacial score (nSPS) is 20.6. The lowest BCUT2D eigenvalue weighted by molar-refractivity contribution is -0.117. The predicted molar refractivity (Wildman–Crippen MR) is 61.8 cm³/mol. The van der Waals surface area contributed by atoms with Gasteiger partial charge in [0.2, 0.25) is 5.91 Å². The van der Waals surface area contributed by atoms with Crippen LogP contribution >= 0.6 is 23.2 Å². The van der Waals surface area contributed by atoms with Gasteiger partial charge in [-0.25, -0.2) is 0 Å². The Hall–Kier alpha value is -0.840. The van der Waals surface area contributed by atoms with Gasteiger partial charge in [0.15, 0.2) is 0 Å². The first kappa shape index (κ1) is 11.6. The highest BCUT2D eigenvalue weighted by Crippen LogP contribution is 2.36. The number of aliphatic hydroxyl groups excluding tert-OH is 1. The van der Waals surface area contributed by atoms with Crippen LogP contribution in [0.5, 0.6) is 0 Å². The van der Waals surface area contributed by atoms with Crippen LogP contribution < -0.4 is 4.90 Å². The Morgan fingerprint density at radius 1 is 1.44 bits per heavy atom. The van der Waals surface area contributed by atoms with Gasteiger partial charge < -0.3 is 10.0 Å². The Balaban J connectivity index is 2.35. The van der Waals surface area contributed by atoms with E-state index in [2.05, 4.69) is 4.98 Å². The van der Waals surface area contributed by atoms with Crippen LogP contribution in [0.25, 0.3) is 0 Å². The van der Waals surface area contributed by atoms with Crippen molar-refractivity contribution in [1.82, 2.24) is 4.98 Å². The first-order valence-corrected chi connectivity index (χ1v) is 5.59. The highest BCUT2D eigenvalue weighted by Gasteiger charge is 2.32. The summed E-state index contributed by atoms with van der Waals surface area (Å²) in [5.74, 6) is -0.123. The van der Waals surface area contributed by atoms with Crippen LogP contribution in [0.1, 0.15) is 6.42 Å². The second-order valence-electron chi connectivity index (χ2n) is 3.71. The standard InChI is InChI=1S/C10H10Cl2N2O2/c11-7-2-13-3-8(12)10(7)14-4-6(5-15)1-9(14)16/h2-3,6,15H,1,4-5H2. The molecule has 1 atom stereocenters. The molecule has 1 amide bonds. The molecule has 0 radical (unpaired) electrons. The molecule has 16 heavy (non-hydrogen) atoms. The van der Waals surface area contributed by atoms with Gasteiger partial charge in [0.25, 0.3) is 0 Å². The lowest BCUT2D eigenvalue weighted by Gasteiger charge is -2.18. The lowest BCUT2D eigenvalue weighted by atomic mass is 10.1. The Morgan fingerprint density at radius 2 is 2.06 bits per heavy atom. The van der Waals surface area contributed by atoms with Crippen LogP contribution in [0.2, 0.25) is 10.0 Å². The summed E-state index contributed by atoms with van der Waals surface area (Å²) in [5, 5.41) is 9.72. The molecule has 0 bridgehead atoms. The van der Waals surface area contributed by atoms with Crippen molar-refractivity contribution in [3.63, 3.8) is 0 Å². The third-order valence-corrected chi connectivity index (χ3v) is 3.11. The number of halogens is 2. The summed E-state index contributed by atoms with van der Waals surface area (Å²) in [6, 6.07) is 0. The highest BCUT2D eigenvalue weighted by atomic mass is 35.5. The first-order valence-electron chi connectivity index (χ1n) is 4.83. The number of aliphatic hydroxyl groups is 1. The third-order valence-electron chi connectivity index (χ3n) is 2.56. The summed E-state index contributed by atoms with van der Waals surface area (Å²) in [4.78, 5) is 17.1. The van der Waals surface area contributed by atoms with Gasteiger partial charge in [-0.15, -0.1) is 0 Å². The Bertz CT molecular complexity index is 405. The van der Waals surface area contributed by atoms with E-state index in [1.807, 2.05) is 0 Å². The average Bonchev–Trinajstić information content (AvgIpc) is 2.60. The van der Waals surface area contributed by atoms with E-state index in [4.69, 9.17) is 28.3 Å². The molecule has 0 saturated carbocycles. The minimum absolute atomic E-state index is 0.0113. The maximum absolute atomic E-state index is 11.7. The van der Waals surface area contributed by atoms with Gasteiger partial charge in [-0.05, 0) is 0 Å². The van der Waals surface area contributed by atoms with Crippen molar-refractivity contribution in [2.75, 3.05) is 18.1 Å². The molecule has 86 valence electrons. The van der Waals surface area contributed by atoms with Gasteiger partial charge in [0, 0.05) is 37.9 Å². The van der Waals surface area contributed by atoms with Crippen LogP contribution in [0.3, 0.4) is 0 Å². The number of carbonyl (C=O) groups excluding carboxylic acids is 1. The van der Waals surface area contributed by atoms with Crippen molar-refractivity contribution in [3.05, 3.63) is 22.4 Å². The number of amides is 1. The van der Waals surface area contributed by atoms with Crippen molar-refractivity contribution < 1.29 is 9.90 Å². The molecular weight excluding hydrogens is 251 g/mol. The van der Waals surface area contributed by atoms with E-state index in [1.165, 1.54) is 17.3 Å². The molecule has 2 rings (SSSR count). The minimum atomic E-state index is -0.0750. The van der Waals surface area contributed by atoms with Gasteiger partial charge in [-0.2, -0.15) is 0 Å². The largest absolute Gasteiger partial charge is 0.396 e. The van der Waals surface area contributed by atoms with E-state index in [-0.39, 0.29) is 18.4 Å². The summed E-state index contributed by atoms with van der Waals surface area (Å²) >= 11 is 11.9. The number of hydrogen-bond acceptors (Lipinski definition) is 3. The zero-order valence-electron chi connectivity index (χ0n) is 8.36. The molecule has 2 heterocycles. The van der Waals surface area contributed by atoms with E-state index in [1.54, 1.807) is 0 Å². The molecule has 4 nitrogen and oxygen atoms in total. The summed E-state index contributed by atoms with van der Waals surface area (Å²) in [5.41, 5.74) is 0.485. The van der Waals surface area contributed by atoms with Gasteiger partial charge in [-0.3, -0.25) is 9.78 Å². The Labute approximate surface area is 103 Å². The van der Waals surface area contributed by atoms with E-state index in [0.717, 1.165) is 0 Å². The highest BCUT2D eigenvalue weighted by molar-refractivity contribution is 6.39. The number of rotatable bonds is 2. The minimum Gasteiger partial charge on any atom is -0.396 e. The fourth-order valence-electron chi connectivity index (χ4n) is 1.78. The fraction of sp³-hybridized carbons (Fsp3) is 0.400. The maximum Gasteiger partial charge on any atom is 0.227 e. The number of anilines is 1. The maximum atomic E-state index is 11.7. The Kier molecular flexibility index (Phi) is 3.33. The molecule has 0 aromatic carbocycles. The van der Waals surface area contributed by atoms with Crippen molar-refractivity contribution >= 4 is 34.8 Å². The zero-order valence-corrected chi connectivity index (χ0v) is 9.87. The van der Waals surface area contributed by atoms with Crippen LogP contribution in [-0.2, 0) is 4.79 Å². The van der Waals surface area contributed by atoms with Crippen molar-refractivity contribution in [2.24, 2.45) is 5.92 Å². The number of carbonyl (C=O) groups is 1. The van der Waals surface area contributed by atoms with Gasteiger partial charge in [0.1, 0.15) is 0 Å². The summed E-state index contributed by atoms with van der Waals surface area (Å²) in [7, 11) is 0. The summed E-state index contributed by atoms with van der Waals surface area (Å²) in [6.45, 7) is 0.432. The molecule has 1 N–H and O–H groups in total. The fourth-order valence-corrected chi connectivity index (χ4v) is 2.35. The molecule has 1 aliphatic heterocycles. The number of aromatic nitrogens is 1. The van der Waals surface area contributed by atoms with E-state index >= 15 is 0 Å². The molecular formula is C10H10Cl2N2O2. The second kappa shape index (κ2) is 4.57. The molecule has 6 heteroatoms. The molecule has 1 unspecified atom stereocenters. The van der Waals surface area contributed by atoms with Crippen LogP contribution in [0.4, 0.5) is 5.69 Å². The second-order valence-corrected chi connectivity index (χ2v) is 4.52. The van der Waals surface area contributed by atoms with E-state index in [9.17, 15) is 4.79 Å². The number of pyridine rings is 1. The van der Waals surface area contributed by atoms with Gasteiger partial charge in [0.05, 0.1) is 15.7 Å². The predicted octanol–water partition coefficient (Wildman–Crippen LogP) is 1.73. The molecule has 1 fully saturated rings. The number of hydrogen-bond donors (Lipinski definition) is 1. The smallest absolute Gasteiger partial charge is 0.227 e. The Morgan fingerprint density at radius 3 is 2.56 bits per heavy atom. The molecule has 0 aliphatic carbocycles. The molecule has 1 aliphatic rings. The monoisotopic (exact) mass is 260 g/mol. The first-order chi connectivity index (χ1) is 7.63. The van der Waals surface area contributed by atoms with Gasteiger partial charge in [-0.1, -0.05) is 23.2 Å². The summed E-state index contributed by atoms with van der Waals surface area (Å²) < 4.78 is 0. The average molecular weight is 261 g/mol. The molecule has 1 aromatic heterocycles. The van der Waals surface area contributed by atoms with Crippen LogP contribution in [0, 0.1) is 5.92 Å². The van der Waals surface area contributed by atoms with Crippen molar-refractivity contribution in [1.29, 1.82) is 0 Å². The quantitative estimate of drug-likeness (QED) is 0.882. The van der Waals surface area contributed by atoms with E-state index < -0.39 is 0 Å². The molecule has 1 aromatic rings. The molecule has 1 saturated heterocycles. The zero-order chi connectivity index (χ0) is 11.7. The van der Waals surface area contributed by atoms with Crippen LogP contribution in [-0.4, -0.2) is 29.1 Å². The van der Waals surface area contributed by atoms with Crippen LogP contribution in [0.15, 0.2) is 12.4 Å². The lowest BCUT2D eigenvalue weighted by Crippen LogP contribution is -2.25. The number of nitrogens with zero attached hydrogens (tertiary/aromatic N) is 2.